The maximum Gasteiger partial charge on any atom is 0.257 e. The second-order valence-corrected chi connectivity index (χ2v) is 4.74. The molecule has 0 amide bonds. The van der Waals surface area contributed by atoms with Gasteiger partial charge in [-0.1, -0.05) is 18.2 Å². The van der Waals surface area contributed by atoms with Crippen molar-refractivity contribution in [2.75, 3.05) is 5.73 Å². The van der Waals surface area contributed by atoms with Crippen LogP contribution < -0.4 is 11.3 Å². The van der Waals surface area contributed by atoms with Crippen LogP contribution in [0.4, 0.5) is 5.69 Å². The van der Waals surface area contributed by atoms with Crippen molar-refractivity contribution in [3.05, 3.63) is 51.2 Å². The Morgan fingerprint density at radius 2 is 1.82 bits per heavy atom. The molecular weight excluding hydrogens is 280 g/mol. The molecule has 4 heteroatoms. The summed E-state index contributed by atoms with van der Waals surface area (Å²) in [4.78, 5) is 14.8. The molecule has 1 heterocycles. The van der Waals surface area contributed by atoms with Crippen molar-refractivity contribution in [3.8, 4) is 0 Å². The first-order chi connectivity index (χ1) is 8.18. The average molecular weight is 289 g/mol. The third-order valence-corrected chi connectivity index (χ3v) is 3.52. The van der Waals surface area contributed by atoms with Gasteiger partial charge in [-0.05, 0) is 39.5 Å². The van der Waals surface area contributed by atoms with Gasteiger partial charge in [0.25, 0.3) is 5.56 Å². The Labute approximate surface area is 105 Å². The molecule has 0 unspecified atom stereocenters. The van der Waals surface area contributed by atoms with E-state index in [-0.39, 0.29) is 5.56 Å². The standard InChI is InChI=1S/C13H9BrN2O/c14-8-4-1-3-7-11(8)13(17)16-10-6-2-5-9(15)12(7)10/h1-6H,15H2,(H,16,17). The van der Waals surface area contributed by atoms with Crippen LogP contribution in [0.3, 0.4) is 0 Å². The Morgan fingerprint density at radius 1 is 1.06 bits per heavy atom. The number of nitrogens with one attached hydrogen (secondary N) is 1. The van der Waals surface area contributed by atoms with Crippen LogP contribution in [0.5, 0.6) is 0 Å². The molecule has 0 saturated heterocycles. The molecule has 1 aromatic heterocycles. The molecule has 3 aromatic rings. The van der Waals surface area contributed by atoms with Crippen LogP contribution in [0.25, 0.3) is 21.7 Å². The van der Waals surface area contributed by atoms with E-state index in [1.165, 1.54) is 0 Å². The van der Waals surface area contributed by atoms with E-state index >= 15 is 0 Å². The zero-order chi connectivity index (χ0) is 12.0. The van der Waals surface area contributed by atoms with Gasteiger partial charge < -0.3 is 10.7 Å². The number of nitrogen functional groups attached to an aromatic ring is 1. The number of fused-ring (bicyclic) bond motifs is 3. The summed E-state index contributed by atoms with van der Waals surface area (Å²) in [6.07, 6.45) is 0. The minimum absolute atomic E-state index is 0.106. The monoisotopic (exact) mass is 288 g/mol. The van der Waals surface area contributed by atoms with E-state index in [1.807, 2.05) is 36.4 Å². The number of nitrogens with two attached hydrogens (primary N) is 1. The Morgan fingerprint density at radius 3 is 2.65 bits per heavy atom. The highest BCUT2D eigenvalue weighted by Crippen LogP contribution is 2.29. The lowest BCUT2D eigenvalue weighted by Gasteiger charge is -2.07. The summed E-state index contributed by atoms with van der Waals surface area (Å²) in [6, 6.07) is 11.2. The van der Waals surface area contributed by atoms with Gasteiger partial charge in [-0.25, -0.2) is 0 Å². The minimum Gasteiger partial charge on any atom is -0.398 e. The topological polar surface area (TPSA) is 58.9 Å². The van der Waals surface area contributed by atoms with Gasteiger partial charge in [-0.2, -0.15) is 0 Å². The lowest BCUT2D eigenvalue weighted by molar-refractivity contribution is 1.34. The SMILES string of the molecule is Nc1cccc2[nH]c(=O)c3c(Br)cccc3c12. The molecule has 17 heavy (non-hydrogen) atoms. The zero-order valence-electron chi connectivity index (χ0n) is 8.83. The van der Waals surface area contributed by atoms with Gasteiger partial charge in [-0.15, -0.1) is 0 Å². The molecule has 3 N–H and O–H groups in total. The van der Waals surface area contributed by atoms with E-state index < -0.39 is 0 Å². The van der Waals surface area contributed by atoms with Crippen molar-refractivity contribution < 1.29 is 0 Å². The van der Waals surface area contributed by atoms with Crippen molar-refractivity contribution >= 4 is 43.3 Å². The van der Waals surface area contributed by atoms with Gasteiger partial charge in [0.05, 0.1) is 10.9 Å². The molecule has 0 atom stereocenters. The lowest BCUT2D eigenvalue weighted by atomic mass is 10.1. The number of hydrogen-bond acceptors (Lipinski definition) is 2. The van der Waals surface area contributed by atoms with Crippen LogP contribution in [0, 0.1) is 0 Å². The van der Waals surface area contributed by atoms with Gasteiger partial charge in [0.1, 0.15) is 0 Å². The average Bonchev–Trinajstić information content (AvgIpc) is 2.28. The minimum atomic E-state index is -0.106. The molecule has 0 aliphatic rings. The normalized spacial score (nSPS) is 11.1. The predicted molar refractivity (Wildman–Crippen MR) is 74.2 cm³/mol. The fourth-order valence-corrected chi connectivity index (χ4v) is 2.67. The summed E-state index contributed by atoms with van der Waals surface area (Å²) in [6.45, 7) is 0. The number of aromatic nitrogens is 1. The van der Waals surface area contributed by atoms with E-state index in [4.69, 9.17) is 5.73 Å². The zero-order valence-corrected chi connectivity index (χ0v) is 10.4. The largest absolute Gasteiger partial charge is 0.398 e. The van der Waals surface area contributed by atoms with Gasteiger partial charge in [-0.3, -0.25) is 4.79 Å². The highest BCUT2D eigenvalue weighted by molar-refractivity contribution is 9.10. The van der Waals surface area contributed by atoms with E-state index in [2.05, 4.69) is 20.9 Å². The fourth-order valence-electron chi connectivity index (χ4n) is 2.12. The highest BCUT2D eigenvalue weighted by atomic mass is 79.9. The second-order valence-electron chi connectivity index (χ2n) is 3.89. The Hall–Kier alpha value is -1.81. The molecule has 84 valence electrons. The maximum atomic E-state index is 12.0. The van der Waals surface area contributed by atoms with Crippen molar-refractivity contribution in [2.45, 2.75) is 0 Å². The van der Waals surface area contributed by atoms with Gasteiger partial charge in [0, 0.05) is 15.5 Å². The van der Waals surface area contributed by atoms with Crippen molar-refractivity contribution in [1.29, 1.82) is 0 Å². The lowest BCUT2D eigenvalue weighted by Crippen LogP contribution is -2.07. The fraction of sp³-hybridized carbons (Fsp3) is 0. The third kappa shape index (κ3) is 1.45. The number of halogens is 1. The quantitative estimate of drug-likeness (QED) is 0.493. The van der Waals surface area contributed by atoms with Crippen LogP contribution in [-0.2, 0) is 0 Å². The molecule has 0 radical (unpaired) electrons. The number of anilines is 1. The van der Waals surface area contributed by atoms with Crippen LogP contribution in [0.15, 0.2) is 45.7 Å². The predicted octanol–water partition coefficient (Wildman–Crippen LogP) is 3.03. The number of pyridine rings is 1. The van der Waals surface area contributed by atoms with Crippen LogP contribution in [-0.4, -0.2) is 4.98 Å². The van der Waals surface area contributed by atoms with Crippen LogP contribution >= 0.6 is 15.9 Å². The molecule has 3 nitrogen and oxygen atoms in total. The van der Waals surface area contributed by atoms with E-state index in [9.17, 15) is 4.79 Å². The number of H-pyrrole nitrogens is 1. The van der Waals surface area contributed by atoms with E-state index in [0.29, 0.717) is 11.1 Å². The molecule has 0 fully saturated rings. The number of aromatic amines is 1. The summed E-state index contributed by atoms with van der Waals surface area (Å²) in [5.41, 5.74) is 7.31. The first kappa shape index (κ1) is 10.4. The molecule has 3 rings (SSSR count). The van der Waals surface area contributed by atoms with E-state index in [1.54, 1.807) is 0 Å². The second kappa shape index (κ2) is 3.60. The third-order valence-electron chi connectivity index (χ3n) is 2.85. The van der Waals surface area contributed by atoms with Gasteiger partial charge >= 0.3 is 0 Å². The summed E-state index contributed by atoms with van der Waals surface area (Å²) < 4.78 is 0.779. The summed E-state index contributed by atoms with van der Waals surface area (Å²) in [5.74, 6) is 0. The van der Waals surface area contributed by atoms with Crippen molar-refractivity contribution in [2.24, 2.45) is 0 Å². The molecular formula is C13H9BrN2O. The van der Waals surface area contributed by atoms with Gasteiger partial charge in [0.2, 0.25) is 0 Å². The maximum absolute atomic E-state index is 12.0. The Kier molecular flexibility index (Phi) is 2.19. The Balaban J connectivity index is 2.73. The van der Waals surface area contributed by atoms with Crippen LogP contribution in [0.2, 0.25) is 0 Å². The molecule has 2 aromatic carbocycles. The molecule has 0 aliphatic carbocycles. The number of benzene rings is 2. The summed E-state index contributed by atoms with van der Waals surface area (Å²) in [7, 11) is 0. The first-order valence-corrected chi connectivity index (χ1v) is 5.96. The number of rotatable bonds is 0. The van der Waals surface area contributed by atoms with Gasteiger partial charge in [0.15, 0.2) is 0 Å². The summed E-state index contributed by atoms with van der Waals surface area (Å²) in [5, 5.41) is 2.40. The first-order valence-electron chi connectivity index (χ1n) is 5.17. The van der Waals surface area contributed by atoms with Crippen molar-refractivity contribution in [3.63, 3.8) is 0 Å². The molecule has 0 bridgehead atoms. The summed E-state index contributed by atoms with van der Waals surface area (Å²) >= 11 is 3.40. The molecule has 0 saturated carbocycles. The van der Waals surface area contributed by atoms with Crippen LogP contribution in [0.1, 0.15) is 0 Å². The number of hydrogen-bond donors (Lipinski definition) is 2. The van der Waals surface area contributed by atoms with Crippen molar-refractivity contribution in [1.82, 2.24) is 4.98 Å². The smallest absolute Gasteiger partial charge is 0.257 e. The van der Waals surface area contributed by atoms with E-state index in [0.717, 1.165) is 20.8 Å². The Bertz CT molecular complexity index is 792. The molecule has 0 spiro atoms. The molecule has 0 aliphatic heterocycles. The highest BCUT2D eigenvalue weighted by Gasteiger charge is 2.09.